The standard InChI is InChI=1S/C16H22N6O2S/c1-25-16-21-19-13(22(16)11-5-2-3-6-11)7-4-10-17-15(24)12-8-9-14(23)20-18-12/h8-9,11H,2-7,10H2,1H3,(H,17,24)(H,20,23). The van der Waals surface area contributed by atoms with Crippen LogP contribution in [-0.2, 0) is 6.42 Å². The molecule has 0 radical (unpaired) electrons. The Bertz CT molecular complexity index is 761. The predicted octanol–water partition coefficient (Wildman–Crippen LogP) is 1.56. The predicted molar refractivity (Wildman–Crippen MR) is 94.8 cm³/mol. The number of aromatic amines is 1. The van der Waals surface area contributed by atoms with Gasteiger partial charge in [-0.1, -0.05) is 24.6 Å². The summed E-state index contributed by atoms with van der Waals surface area (Å²) in [5.41, 5.74) is -0.120. The number of amides is 1. The largest absolute Gasteiger partial charge is 0.351 e. The molecule has 0 aliphatic heterocycles. The highest BCUT2D eigenvalue weighted by molar-refractivity contribution is 7.98. The van der Waals surface area contributed by atoms with Gasteiger partial charge in [0.25, 0.3) is 11.5 Å². The second-order valence-electron chi connectivity index (χ2n) is 6.08. The van der Waals surface area contributed by atoms with Crippen LogP contribution < -0.4 is 10.9 Å². The van der Waals surface area contributed by atoms with Crippen molar-refractivity contribution in [3.05, 3.63) is 34.0 Å². The molecule has 0 atom stereocenters. The third-order valence-corrected chi connectivity index (χ3v) is 5.03. The fraction of sp³-hybridized carbons (Fsp3) is 0.562. The third kappa shape index (κ3) is 4.28. The number of aryl methyl sites for hydroxylation is 1. The van der Waals surface area contributed by atoms with Gasteiger partial charge in [0.15, 0.2) is 5.16 Å². The fourth-order valence-corrected chi connectivity index (χ4v) is 3.73. The van der Waals surface area contributed by atoms with E-state index in [0.717, 1.165) is 23.8 Å². The molecular formula is C16H22N6O2S. The molecule has 1 aliphatic carbocycles. The van der Waals surface area contributed by atoms with Gasteiger partial charge in [0.05, 0.1) is 0 Å². The minimum Gasteiger partial charge on any atom is -0.351 e. The zero-order chi connectivity index (χ0) is 17.6. The lowest BCUT2D eigenvalue weighted by atomic mass is 10.2. The van der Waals surface area contributed by atoms with Gasteiger partial charge in [-0.3, -0.25) is 9.59 Å². The van der Waals surface area contributed by atoms with E-state index in [4.69, 9.17) is 0 Å². The van der Waals surface area contributed by atoms with Crippen LogP contribution >= 0.6 is 11.8 Å². The minimum absolute atomic E-state index is 0.207. The summed E-state index contributed by atoms with van der Waals surface area (Å²) >= 11 is 1.63. The van der Waals surface area contributed by atoms with Crippen molar-refractivity contribution in [3.63, 3.8) is 0 Å². The van der Waals surface area contributed by atoms with E-state index < -0.39 is 0 Å². The number of carbonyl (C=O) groups is 1. The molecule has 3 rings (SSSR count). The number of carbonyl (C=O) groups excluding carboxylic acids is 1. The first-order valence-corrected chi connectivity index (χ1v) is 9.73. The first-order chi connectivity index (χ1) is 12.2. The maximum absolute atomic E-state index is 12.0. The molecule has 8 nitrogen and oxygen atoms in total. The monoisotopic (exact) mass is 362 g/mol. The van der Waals surface area contributed by atoms with Crippen LogP contribution in [0.4, 0.5) is 0 Å². The quantitative estimate of drug-likeness (QED) is 0.572. The molecule has 25 heavy (non-hydrogen) atoms. The number of hydrogen-bond acceptors (Lipinski definition) is 6. The number of hydrogen-bond donors (Lipinski definition) is 2. The first-order valence-electron chi connectivity index (χ1n) is 8.50. The molecule has 0 unspecified atom stereocenters. The van der Waals surface area contributed by atoms with Crippen LogP contribution in [0, 0.1) is 0 Å². The van der Waals surface area contributed by atoms with Gasteiger partial charge >= 0.3 is 0 Å². The van der Waals surface area contributed by atoms with Gasteiger partial charge in [-0.25, -0.2) is 5.10 Å². The number of H-pyrrole nitrogens is 1. The highest BCUT2D eigenvalue weighted by atomic mass is 32.2. The van der Waals surface area contributed by atoms with Crippen molar-refractivity contribution in [1.82, 2.24) is 30.3 Å². The van der Waals surface area contributed by atoms with E-state index in [9.17, 15) is 9.59 Å². The van der Waals surface area contributed by atoms with E-state index in [1.165, 1.54) is 37.8 Å². The van der Waals surface area contributed by atoms with Crippen molar-refractivity contribution >= 4 is 17.7 Å². The Balaban J connectivity index is 1.53. The van der Waals surface area contributed by atoms with E-state index in [1.807, 2.05) is 6.26 Å². The van der Waals surface area contributed by atoms with Gasteiger partial charge in [0.2, 0.25) is 0 Å². The van der Waals surface area contributed by atoms with Gasteiger partial charge < -0.3 is 9.88 Å². The number of rotatable bonds is 7. The Morgan fingerprint density at radius 1 is 1.36 bits per heavy atom. The molecule has 0 bridgehead atoms. The summed E-state index contributed by atoms with van der Waals surface area (Å²) < 4.78 is 2.28. The fourth-order valence-electron chi connectivity index (χ4n) is 3.16. The average molecular weight is 362 g/mol. The Labute approximate surface area is 149 Å². The highest BCUT2D eigenvalue weighted by Gasteiger charge is 2.23. The molecule has 2 N–H and O–H groups in total. The first kappa shape index (κ1) is 17.7. The van der Waals surface area contributed by atoms with Crippen LogP contribution in [0.3, 0.4) is 0 Å². The van der Waals surface area contributed by atoms with Crippen LogP contribution in [0.1, 0.15) is 54.5 Å². The second kappa shape index (κ2) is 8.28. The van der Waals surface area contributed by atoms with E-state index in [2.05, 4.69) is 30.3 Å². The smallest absolute Gasteiger partial charge is 0.271 e. The normalized spacial score (nSPS) is 14.8. The Morgan fingerprint density at radius 3 is 2.84 bits per heavy atom. The molecule has 1 saturated carbocycles. The van der Waals surface area contributed by atoms with Crippen LogP contribution in [-0.4, -0.2) is 43.7 Å². The molecule has 0 spiro atoms. The zero-order valence-corrected chi connectivity index (χ0v) is 15.0. The summed E-state index contributed by atoms with van der Waals surface area (Å²) in [7, 11) is 0. The molecule has 9 heteroatoms. The topological polar surface area (TPSA) is 106 Å². The molecule has 2 heterocycles. The molecule has 2 aromatic rings. The average Bonchev–Trinajstić information content (AvgIpc) is 3.28. The van der Waals surface area contributed by atoms with Gasteiger partial charge in [0, 0.05) is 25.1 Å². The second-order valence-corrected chi connectivity index (χ2v) is 6.85. The molecule has 134 valence electrons. The van der Waals surface area contributed by atoms with Crippen molar-refractivity contribution in [2.45, 2.75) is 49.7 Å². The number of nitrogens with one attached hydrogen (secondary N) is 2. The van der Waals surface area contributed by atoms with Gasteiger partial charge in [0.1, 0.15) is 11.5 Å². The molecule has 1 fully saturated rings. The summed E-state index contributed by atoms with van der Waals surface area (Å²) in [6, 6.07) is 3.21. The highest BCUT2D eigenvalue weighted by Crippen LogP contribution is 2.33. The van der Waals surface area contributed by atoms with Gasteiger partial charge in [-0.2, -0.15) is 5.10 Å². The minimum atomic E-state index is -0.326. The molecule has 2 aromatic heterocycles. The van der Waals surface area contributed by atoms with E-state index >= 15 is 0 Å². The lowest BCUT2D eigenvalue weighted by Gasteiger charge is -2.16. The summed E-state index contributed by atoms with van der Waals surface area (Å²) in [6.07, 6.45) is 8.46. The summed E-state index contributed by atoms with van der Waals surface area (Å²) in [5, 5.41) is 18.4. The van der Waals surface area contributed by atoms with Crippen molar-refractivity contribution in [2.75, 3.05) is 12.8 Å². The van der Waals surface area contributed by atoms with E-state index in [1.54, 1.807) is 11.8 Å². The van der Waals surface area contributed by atoms with Gasteiger partial charge in [-0.15, -0.1) is 10.2 Å². The van der Waals surface area contributed by atoms with Crippen molar-refractivity contribution in [2.24, 2.45) is 0 Å². The molecule has 0 aromatic carbocycles. The van der Waals surface area contributed by atoms with Crippen LogP contribution in [0.15, 0.2) is 22.1 Å². The van der Waals surface area contributed by atoms with Crippen molar-refractivity contribution in [3.8, 4) is 0 Å². The van der Waals surface area contributed by atoms with Crippen LogP contribution in [0.2, 0.25) is 0 Å². The molecular weight excluding hydrogens is 340 g/mol. The number of nitrogens with zero attached hydrogens (tertiary/aromatic N) is 4. The maximum Gasteiger partial charge on any atom is 0.271 e. The van der Waals surface area contributed by atoms with Crippen LogP contribution in [0.25, 0.3) is 0 Å². The third-order valence-electron chi connectivity index (χ3n) is 4.38. The van der Waals surface area contributed by atoms with Crippen molar-refractivity contribution < 1.29 is 4.79 Å². The van der Waals surface area contributed by atoms with Gasteiger partial charge in [-0.05, 0) is 31.6 Å². The maximum atomic E-state index is 12.0. The Morgan fingerprint density at radius 2 is 2.16 bits per heavy atom. The summed E-state index contributed by atoms with van der Waals surface area (Å²) in [5.74, 6) is 0.700. The lowest BCUT2D eigenvalue weighted by Crippen LogP contribution is -2.27. The van der Waals surface area contributed by atoms with Crippen molar-refractivity contribution in [1.29, 1.82) is 0 Å². The zero-order valence-electron chi connectivity index (χ0n) is 14.2. The number of aromatic nitrogens is 5. The lowest BCUT2D eigenvalue weighted by molar-refractivity contribution is 0.0947. The molecule has 1 aliphatic rings. The summed E-state index contributed by atoms with van der Waals surface area (Å²) in [6.45, 7) is 0.520. The molecule has 1 amide bonds. The SMILES string of the molecule is CSc1nnc(CCCNC(=O)c2ccc(=O)[nH]n2)n1C1CCCC1. The molecule has 0 saturated heterocycles. The Kier molecular flexibility index (Phi) is 5.85. The summed E-state index contributed by atoms with van der Waals surface area (Å²) in [4.78, 5) is 22.9. The van der Waals surface area contributed by atoms with E-state index in [-0.39, 0.29) is 17.2 Å². The van der Waals surface area contributed by atoms with E-state index in [0.29, 0.717) is 12.6 Å². The number of thioether (sulfide) groups is 1. The Hall–Kier alpha value is -2.16. The van der Waals surface area contributed by atoms with Crippen LogP contribution in [0.5, 0.6) is 0 Å².